The van der Waals surface area contributed by atoms with Gasteiger partial charge in [-0.15, -0.1) is 11.3 Å². The zero-order chi connectivity index (χ0) is 16.8. The quantitative estimate of drug-likeness (QED) is 0.883. The molecule has 0 radical (unpaired) electrons. The summed E-state index contributed by atoms with van der Waals surface area (Å²) in [5.74, 6) is -1.16. The Bertz CT molecular complexity index is 702. The SMILES string of the molecule is CCCc1ncc(C(=O)N(CC(=O)NC)c2cccc(F)c2)s1. The maximum absolute atomic E-state index is 13.5. The number of rotatable bonds is 6. The molecule has 2 amide bonds. The number of hydrogen-bond acceptors (Lipinski definition) is 4. The van der Waals surface area contributed by atoms with Crippen molar-refractivity contribution in [1.29, 1.82) is 0 Å². The molecule has 2 aromatic rings. The number of anilines is 1. The monoisotopic (exact) mass is 335 g/mol. The molecule has 0 aliphatic rings. The topological polar surface area (TPSA) is 62.3 Å². The number of amides is 2. The molecule has 0 unspecified atom stereocenters. The van der Waals surface area contributed by atoms with Gasteiger partial charge in [-0.05, 0) is 31.0 Å². The number of likely N-dealkylation sites (N-methyl/N-ethyl adjacent to an activating group) is 1. The number of nitrogens with zero attached hydrogens (tertiary/aromatic N) is 2. The molecule has 7 heteroatoms. The molecule has 0 spiro atoms. The van der Waals surface area contributed by atoms with E-state index >= 15 is 0 Å². The first-order valence-corrected chi connectivity index (χ1v) is 8.09. The van der Waals surface area contributed by atoms with Crippen LogP contribution in [0.15, 0.2) is 30.5 Å². The van der Waals surface area contributed by atoms with Gasteiger partial charge in [0.25, 0.3) is 5.91 Å². The molecule has 0 bridgehead atoms. The molecule has 23 heavy (non-hydrogen) atoms. The van der Waals surface area contributed by atoms with Gasteiger partial charge in [0.2, 0.25) is 5.91 Å². The van der Waals surface area contributed by atoms with Gasteiger partial charge in [0.1, 0.15) is 17.2 Å². The number of benzene rings is 1. The summed E-state index contributed by atoms with van der Waals surface area (Å²) >= 11 is 1.30. The average molecular weight is 335 g/mol. The van der Waals surface area contributed by atoms with Crippen LogP contribution < -0.4 is 10.2 Å². The second kappa shape index (κ2) is 7.82. The van der Waals surface area contributed by atoms with Crippen LogP contribution in [0.25, 0.3) is 0 Å². The Morgan fingerprint density at radius 3 is 2.83 bits per heavy atom. The van der Waals surface area contributed by atoms with Gasteiger partial charge in [-0.1, -0.05) is 13.0 Å². The minimum atomic E-state index is -0.465. The summed E-state index contributed by atoms with van der Waals surface area (Å²) in [6.45, 7) is 1.85. The Morgan fingerprint density at radius 2 is 2.17 bits per heavy atom. The van der Waals surface area contributed by atoms with Crippen LogP contribution in [0.5, 0.6) is 0 Å². The van der Waals surface area contributed by atoms with Crippen molar-refractivity contribution in [3.8, 4) is 0 Å². The van der Waals surface area contributed by atoms with E-state index in [0.29, 0.717) is 10.6 Å². The van der Waals surface area contributed by atoms with Crippen LogP contribution in [0, 0.1) is 5.82 Å². The number of thiazole rings is 1. The minimum Gasteiger partial charge on any atom is -0.358 e. The molecule has 0 fully saturated rings. The van der Waals surface area contributed by atoms with Gasteiger partial charge in [0.05, 0.1) is 11.2 Å². The lowest BCUT2D eigenvalue weighted by Crippen LogP contribution is -2.39. The largest absolute Gasteiger partial charge is 0.358 e. The summed E-state index contributed by atoms with van der Waals surface area (Å²) in [6.07, 6.45) is 3.24. The van der Waals surface area contributed by atoms with Gasteiger partial charge < -0.3 is 5.32 Å². The summed E-state index contributed by atoms with van der Waals surface area (Å²) in [6, 6.07) is 5.62. The van der Waals surface area contributed by atoms with E-state index in [0.717, 1.165) is 17.8 Å². The summed E-state index contributed by atoms with van der Waals surface area (Å²) in [5.41, 5.74) is 0.337. The van der Waals surface area contributed by atoms with Gasteiger partial charge in [-0.25, -0.2) is 9.37 Å². The Labute approximate surface area is 138 Å². The van der Waals surface area contributed by atoms with Gasteiger partial charge in [0.15, 0.2) is 0 Å². The van der Waals surface area contributed by atoms with Crippen LogP contribution in [-0.4, -0.2) is 30.4 Å². The third-order valence-corrected chi connectivity index (χ3v) is 4.22. The third kappa shape index (κ3) is 4.35. The number of carbonyl (C=O) groups is 2. The fraction of sp³-hybridized carbons (Fsp3) is 0.312. The average Bonchev–Trinajstić information content (AvgIpc) is 3.00. The van der Waals surface area contributed by atoms with Gasteiger partial charge >= 0.3 is 0 Å². The van der Waals surface area contributed by atoms with Crippen molar-refractivity contribution in [2.45, 2.75) is 19.8 Å². The predicted molar refractivity (Wildman–Crippen MR) is 88.3 cm³/mol. The zero-order valence-electron chi connectivity index (χ0n) is 13.0. The van der Waals surface area contributed by atoms with Crippen LogP contribution >= 0.6 is 11.3 Å². The summed E-state index contributed by atoms with van der Waals surface area (Å²) in [5, 5.41) is 3.34. The molecule has 122 valence electrons. The van der Waals surface area contributed by atoms with E-state index in [1.54, 1.807) is 6.07 Å². The normalized spacial score (nSPS) is 10.4. The van der Waals surface area contributed by atoms with E-state index in [4.69, 9.17) is 0 Å². The van der Waals surface area contributed by atoms with Crippen LogP contribution in [0.2, 0.25) is 0 Å². The highest BCUT2D eigenvalue weighted by Gasteiger charge is 2.22. The number of aryl methyl sites for hydroxylation is 1. The van der Waals surface area contributed by atoms with E-state index in [1.807, 2.05) is 6.92 Å². The van der Waals surface area contributed by atoms with E-state index in [-0.39, 0.29) is 18.4 Å². The highest BCUT2D eigenvalue weighted by atomic mass is 32.1. The van der Waals surface area contributed by atoms with Crippen LogP contribution in [0.4, 0.5) is 10.1 Å². The number of nitrogens with one attached hydrogen (secondary N) is 1. The maximum atomic E-state index is 13.5. The summed E-state index contributed by atoms with van der Waals surface area (Å²) < 4.78 is 13.5. The van der Waals surface area contributed by atoms with Crippen molar-refractivity contribution in [2.75, 3.05) is 18.5 Å². The molecule has 1 aromatic heterocycles. The standard InChI is InChI=1S/C16H18FN3O2S/c1-3-5-15-19-9-13(23-15)16(22)20(10-14(21)18-2)12-7-4-6-11(17)8-12/h4,6-9H,3,5,10H2,1-2H3,(H,18,21). The van der Waals surface area contributed by atoms with E-state index in [9.17, 15) is 14.0 Å². The van der Waals surface area contributed by atoms with Crippen molar-refractivity contribution in [1.82, 2.24) is 10.3 Å². The lowest BCUT2D eigenvalue weighted by atomic mass is 10.2. The van der Waals surface area contributed by atoms with Crippen molar-refractivity contribution >= 4 is 28.8 Å². The highest BCUT2D eigenvalue weighted by molar-refractivity contribution is 7.13. The van der Waals surface area contributed by atoms with Crippen LogP contribution in [0.1, 0.15) is 28.0 Å². The first-order valence-electron chi connectivity index (χ1n) is 7.27. The highest BCUT2D eigenvalue weighted by Crippen LogP contribution is 2.22. The number of halogens is 1. The van der Waals surface area contributed by atoms with Crippen LogP contribution in [-0.2, 0) is 11.2 Å². The van der Waals surface area contributed by atoms with Crippen molar-refractivity contribution in [3.63, 3.8) is 0 Å². The van der Waals surface area contributed by atoms with Crippen LogP contribution in [0.3, 0.4) is 0 Å². The van der Waals surface area contributed by atoms with E-state index < -0.39 is 5.82 Å². The molecule has 0 atom stereocenters. The minimum absolute atomic E-state index is 0.181. The summed E-state index contributed by atoms with van der Waals surface area (Å²) in [4.78, 5) is 30.3. The van der Waals surface area contributed by atoms with Gasteiger partial charge in [0, 0.05) is 12.7 Å². The smallest absolute Gasteiger partial charge is 0.270 e. The van der Waals surface area contributed by atoms with Gasteiger partial charge in [-0.3, -0.25) is 14.5 Å². The molecule has 0 aliphatic carbocycles. The Balaban J connectivity index is 2.31. The fourth-order valence-corrected chi connectivity index (χ4v) is 2.99. The molecule has 1 aromatic carbocycles. The van der Waals surface area contributed by atoms with Gasteiger partial charge in [-0.2, -0.15) is 0 Å². The molecule has 5 nitrogen and oxygen atoms in total. The predicted octanol–water partition coefficient (Wildman–Crippen LogP) is 2.63. The molecular formula is C16H18FN3O2S. The molecule has 0 saturated heterocycles. The first kappa shape index (κ1) is 17.1. The Kier molecular flexibility index (Phi) is 5.81. The third-order valence-electron chi connectivity index (χ3n) is 3.17. The molecule has 0 saturated carbocycles. The summed E-state index contributed by atoms with van der Waals surface area (Å²) in [7, 11) is 1.49. The number of hydrogen-bond donors (Lipinski definition) is 1. The van der Waals surface area contributed by atoms with E-state index in [1.165, 1.54) is 47.7 Å². The number of aromatic nitrogens is 1. The molecular weight excluding hydrogens is 317 g/mol. The lowest BCUT2D eigenvalue weighted by molar-refractivity contribution is -0.119. The molecule has 1 N–H and O–H groups in total. The van der Waals surface area contributed by atoms with Crippen molar-refractivity contribution < 1.29 is 14.0 Å². The Hall–Kier alpha value is -2.28. The van der Waals surface area contributed by atoms with Crippen molar-refractivity contribution in [3.05, 3.63) is 46.2 Å². The molecule has 0 aliphatic heterocycles. The molecule has 1 heterocycles. The zero-order valence-corrected chi connectivity index (χ0v) is 13.8. The maximum Gasteiger partial charge on any atom is 0.270 e. The fourth-order valence-electron chi connectivity index (χ4n) is 2.02. The van der Waals surface area contributed by atoms with Crippen molar-refractivity contribution in [2.24, 2.45) is 0 Å². The second-order valence-corrected chi connectivity index (χ2v) is 6.03. The number of carbonyl (C=O) groups excluding carboxylic acids is 2. The first-order chi connectivity index (χ1) is 11.0. The lowest BCUT2D eigenvalue weighted by Gasteiger charge is -2.21. The Morgan fingerprint density at radius 1 is 1.39 bits per heavy atom. The molecule has 2 rings (SSSR count). The second-order valence-electron chi connectivity index (χ2n) is 4.91. The van der Waals surface area contributed by atoms with E-state index in [2.05, 4.69) is 10.3 Å².